The minimum Gasteiger partial charge on any atom is -0.508 e. The molecule has 8 amide bonds. The van der Waals surface area contributed by atoms with E-state index in [2.05, 4.69) is 73.7 Å². The number of aromatic hydroxyl groups is 3. The second-order valence-electron chi connectivity index (χ2n) is 20.6. The normalized spacial score (nSPS) is 10.4. The number of methoxy groups -OCH3 is 1. The molecule has 0 unspecified atom stereocenters. The van der Waals surface area contributed by atoms with Crippen molar-refractivity contribution >= 4 is 80.4 Å². The highest BCUT2D eigenvalue weighted by molar-refractivity contribution is 6.31. The van der Waals surface area contributed by atoms with Crippen LogP contribution in [0, 0.1) is 32.4 Å². The Labute approximate surface area is 525 Å². The van der Waals surface area contributed by atoms with Gasteiger partial charge in [0.25, 0.3) is 0 Å². The molecule has 20 heteroatoms. The molecule has 0 aliphatic carbocycles. The van der Waals surface area contributed by atoms with Gasteiger partial charge in [-0.25, -0.2) is 28.0 Å². The van der Waals surface area contributed by atoms with E-state index in [0.29, 0.717) is 78.9 Å². The smallest absolute Gasteiger partial charge is 0.319 e. The molecule has 0 aliphatic rings. The van der Waals surface area contributed by atoms with Gasteiger partial charge in [-0.3, -0.25) is 0 Å². The zero-order valence-electron chi connectivity index (χ0n) is 50.1. The van der Waals surface area contributed by atoms with Crippen molar-refractivity contribution in [1.29, 1.82) is 0 Å². The lowest BCUT2D eigenvalue weighted by Crippen LogP contribution is -2.30. The summed E-state index contributed by atoms with van der Waals surface area (Å²) in [6, 6.07) is 54.6. The summed E-state index contributed by atoms with van der Waals surface area (Å²) in [5, 5.41) is 51.8. The van der Waals surface area contributed by atoms with E-state index >= 15 is 0 Å². The van der Waals surface area contributed by atoms with E-state index in [1.165, 1.54) is 41.5 Å². The van der Waals surface area contributed by atoms with Gasteiger partial charge in [0.1, 0.15) is 45.8 Å². The summed E-state index contributed by atoms with van der Waals surface area (Å²) >= 11 is 6.02. The van der Waals surface area contributed by atoms with Crippen LogP contribution in [0.5, 0.6) is 23.0 Å². The van der Waals surface area contributed by atoms with Crippen molar-refractivity contribution in [1.82, 2.24) is 21.3 Å². The van der Waals surface area contributed by atoms with Crippen molar-refractivity contribution in [3.8, 4) is 23.0 Å². The molecule has 466 valence electrons. The number of phenols is 3. The lowest BCUT2D eigenvalue weighted by Gasteiger charge is -2.11. The molecular weight excluding hydrogens is 1170 g/mol. The number of furan rings is 1. The summed E-state index contributed by atoms with van der Waals surface area (Å²) in [4.78, 5) is 47.3. The van der Waals surface area contributed by atoms with E-state index < -0.39 is 17.7 Å². The van der Waals surface area contributed by atoms with Crippen LogP contribution in [0.4, 0.5) is 50.7 Å². The van der Waals surface area contributed by atoms with Crippen molar-refractivity contribution in [3.05, 3.63) is 250 Å². The largest absolute Gasteiger partial charge is 0.508 e. The monoisotopic (exact) mass is 1240 g/mol. The first kappa shape index (κ1) is 66.7. The Morgan fingerprint density at radius 3 is 1.38 bits per heavy atom. The van der Waals surface area contributed by atoms with E-state index in [0.717, 1.165) is 50.6 Å². The fourth-order valence-corrected chi connectivity index (χ4v) is 8.86. The third kappa shape index (κ3) is 22.2. The maximum absolute atomic E-state index is 13.6. The first-order chi connectivity index (χ1) is 43.3. The van der Waals surface area contributed by atoms with Gasteiger partial charge in [-0.1, -0.05) is 114 Å². The highest BCUT2D eigenvalue weighted by Crippen LogP contribution is 2.36. The Balaban J connectivity index is 0.000000173. The lowest BCUT2D eigenvalue weighted by molar-refractivity contribution is 0.251. The molecule has 9 aromatic carbocycles. The van der Waals surface area contributed by atoms with Gasteiger partial charge in [0.05, 0.1) is 18.5 Å². The molecule has 0 fully saturated rings. The summed E-state index contributed by atoms with van der Waals surface area (Å²) in [6.45, 7) is 7.69. The highest BCUT2D eigenvalue weighted by Gasteiger charge is 2.15. The first-order valence-electron chi connectivity index (χ1n) is 28.7. The number of hydrogen-bond donors (Lipinski definition) is 11. The quantitative estimate of drug-likeness (QED) is 0.0414. The zero-order valence-corrected chi connectivity index (χ0v) is 50.8. The number of carbonyl (C=O) groups is 4. The minimum atomic E-state index is -0.455. The Morgan fingerprint density at radius 2 is 0.900 bits per heavy atom. The maximum Gasteiger partial charge on any atom is 0.319 e. The predicted octanol–water partition coefficient (Wildman–Crippen LogP) is 15.1. The average molecular weight is 1240 g/mol. The first-order valence-corrected chi connectivity index (χ1v) is 29.1. The van der Waals surface area contributed by atoms with Gasteiger partial charge in [-0.15, -0.1) is 0 Å². The number of phenolic OH excluding ortho intramolecular Hbond substituents is 3. The van der Waals surface area contributed by atoms with Gasteiger partial charge in [0, 0.05) is 59.4 Å². The van der Waals surface area contributed by atoms with Gasteiger partial charge in [0.2, 0.25) is 0 Å². The number of benzene rings is 9. The van der Waals surface area contributed by atoms with Crippen molar-refractivity contribution in [2.24, 2.45) is 0 Å². The van der Waals surface area contributed by atoms with Crippen molar-refractivity contribution in [2.75, 3.05) is 54.6 Å². The molecule has 0 atom stereocenters. The highest BCUT2D eigenvalue weighted by atomic mass is 35.5. The number of fused-ring (bicyclic) bond motifs is 3. The third-order valence-electron chi connectivity index (χ3n) is 13.6. The molecule has 0 spiro atoms. The van der Waals surface area contributed by atoms with Crippen molar-refractivity contribution in [3.63, 3.8) is 0 Å². The second kappa shape index (κ2) is 33.9. The molecule has 0 aliphatic heterocycles. The molecule has 90 heavy (non-hydrogen) atoms. The van der Waals surface area contributed by atoms with Crippen LogP contribution in [0.15, 0.2) is 199 Å². The summed E-state index contributed by atoms with van der Waals surface area (Å²) < 4.78 is 37.8. The Hall–Kier alpha value is -10.8. The molecule has 0 saturated carbocycles. The van der Waals surface area contributed by atoms with Crippen LogP contribution < -0.4 is 47.3 Å². The van der Waals surface area contributed by atoms with Crippen LogP contribution in [0.3, 0.4) is 0 Å². The number of anilines is 4. The predicted molar refractivity (Wildman–Crippen MR) is 352 cm³/mol. The maximum atomic E-state index is 13.6. The number of ether oxygens (including phenoxy) is 1. The number of hydrogen-bond acceptors (Lipinski definition) is 9. The number of carbonyl (C=O) groups excluding carboxylic acids is 4. The SMILES string of the molecule is COc1cc2c(cc1NC(=O)NCCc1ccc(O)cc1)oc1ccccc12.Cc1ccc(CCNC(=O)Nc2ccc(C)c(Cl)c2)cc1.Cc1ccc(NC(=O)NCCc2ccc(O)cc2)c(F)c1.O=C(NCCc1ccc(O)cc1)Nc1cccc(F)c1. The lowest BCUT2D eigenvalue weighted by atomic mass is 10.1. The van der Waals surface area contributed by atoms with Crippen molar-refractivity contribution in [2.45, 2.75) is 46.5 Å². The van der Waals surface area contributed by atoms with Gasteiger partial charge < -0.3 is 67.0 Å². The molecule has 10 aromatic rings. The van der Waals surface area contributed by atoms with Crippen LogP contribution in [0.2, 0.25) is 5.02 Å². The van der Waals surface area contributed by atoms with E-state index in [-0.39, 0.29) is 41.0 Å². The van der Waals surface area contributed by atoms with E-state index in [1.54, 1.807) is 99.0 Å². The number of rotatable bonds is 17. The summed E-state index contributed by atoms with van der Waals surface area (Å²) in [6.07, 6.45) is 2.75. The van der Waals surface area contributed by atoms with Gasteiger partial charge in [0.15, 0.2) is 0 Å². The standard InChI is InChI=1S/C22H20N2O4.C17H19ClN2O.C16H17FN2O2.C15H15FN2O2/c1-27-21-12-17-16-4-2-3-5-19(16)28-20(17)13-18(21)24-22(26)23-11-10-14-6-8-15(25)9-7-14;1-12-3-6-14(7-4-12)9-10-19-17(21)20-15-8-5-13(2)16(18)11-15;1-11-2-7-15(14(17)10-11)19-16(21)18-9-8-12-3-5-13(20)6-4-12;16-12-2-1-3-13(10-12)18-15(20)17-9-8-11-4-6-14(19)7-5-11/h2-9,12-13,25H,10-11H2,1H3,(H2,23,24,26);3-8,11H,9-10H2,1-2H3,(H2,19,20,21);2-7,10,20H,8-9H2,1H3,(H2,18,19,21);1-7,10,19H,8-9H2,(H2,17,18,20). The molecule has 0 bridgehead atoms. The fourth-order valence-electron chi connectivity index (χ4n) is 8.68. The van der Waals surface area contributed by atoms with Crippen LogP contribution in [0.25, 0.3) is 21.9 Å². The van der Waals surface area contributed by atoms with Gasteiger partial charge in [-0.2, -0.15) is 0 Å². The van der Waals surface area contributed by atoms with Crippen molar-refractivity contribution < 1.29 is 52.4 Å². The Kier molecular flexibility index (Phi) is 25.2. The number of nitrogens with one attached hydrogen (secondary N) is 8. The summed E-state index contributed by atoms with van der Waals surface area (Å²) in [5.74, 6) is 0.357. The van der Waals surface area contributed by atoms with Crippen LogP contribution in [-0.4, -0.2) is 72.7 Å². The molecule has 17 nitrogen and oxygen atoms in total. The van der Waals surface area contributed by atoms with Crippen LogP contribution in [0.1, 0.15) is 38.9 Å². The molecule has 10 rings (SSSR count). The molecule has 11 N–H and O–H groups in total. The van der Waals surface area contributed by atoms with E-state index in [9.17, 15) is 33.1 Å². The number of aryl methyl sites for hydroxylation is 3. The van der Waals surface area contributed by atoms with E-state index in [4.69, 9.17) is 31.0 Å². The number of halogens is 3. The molecule has 0 radical (unpaired) electrons. The Bertz CT molecular complexity index is 3980. The summed E-state index contributed by atoms with van der Waals surface area (Å²) in [7, 11) is 1.57. The fraction of sp³-hybridized carbons (Fsp3) is 0.171. The number of amides is 8. The topological polar surface area (TPSA) is 248 Å². The molecule has 0 saturated heterocycles. The molecule has 1 aromatic heterocycles. The second-order valence-corrected chi connectivity index (χ2v) is 21.0. The minimum absolute atomic E-state index is 0.155. The van der Waals surface area contributed by atoms with Gasteiger partial charge >= 0.3 is 24.1 Å². The average Bonchev–Trinajstić information content (AvgIpc) is 1.64. The summed E-state index contributed by atoms with van der Waals surface area (Å²) in [5.41, 5.74) is 10.5. The van der Waals surface area contributed by atoms with Crippen LogP contribution >= 0.6 is 11.6 Å². The van der Waals surface area contributed by atoms with E-state index in [1.807, 2.05) is 61.5 Å². The third-order valence-corrected chi connectivity index (χ3v) is 14.0. The van der Waals surface area contributed by atoms with Gasteiger partial charge in [-0.05, 0) is 171 Å². The zero-order chi connectivity index (χ0) is 64.4. The molecule has 1 heterocycles. The number of para-hydroxylation sites is 1. The Morgan fingerprint density at radius 1 is 0.444 bits per heavy atom. The van der Waals surface area contributed by atoms with Crippen LogP contribution in [-0.2, 0) is 25.7 Å². The number of urea groups is 4. The molecular formula is C70H71ClF2N8O9.